The van der Waals surface area contributed by atoms with E-state index in [0.717, 1.165) is 31.7 Å². The molecule has 26 heavy (non-hydrogen) atoms. The molecule has 4 rings (SSSR count). The van der Waals surface area contributed by atoms with E-state index in [1.807, 2.05) is 59.4 Å². The fraction of sp³-hybridized carbons (Fsp3) is 0.227. The lowest BCUT2D eigenvalue weighted by Crippen LogP contribution is -2.37. The van der Waals surface area contributed by atoms with Gasteiger partial charge in [0.1, 0.15) is 0 Å². The Bertz CT molecular complexity index is 858. The molecule has 1 aliphatic heterocycles. The van der Waals surface area contributed by atoms with Gasteiger partial charge < -0.3 is 9.88 Å². The van der Waals surface area contributed by atoms with Crippen molar-refractivity contribution in [2.45, 2.75) is 19.0 Å². The summed E-state index contributed by atoms with van der Waals surface area (Å²) in [5.74, 6) is 0.00515. The van der Waals surface area contributed by atoms with Crippen LogP contribution in [0, 0.1) is 0 Å². The van der Waals surface area contributed by atoms with Crippen LogP contribution in [0.2, 0.25) is 0 Å². The van der Waals surface area contributed by atoms with Crippen molar-refractivity contribution in [3.8, 4) is 5.69 Å². The largest absolute Gasteiger partial charge is 0.348 e. The maximum Gasteiger partial charge on any atom is 0.251 e. The Balaban J connectivity index is 1.36. The first kappa shape index (κ1) is 16.6. The van der Waals surface area contributed by atoms with E-state index >= 15 is 0 Å². The second kappa shape index (κ2) is 7.58. The fourth-order valence-corrected chi connectivity index (χ4v) is 3.52. The lowest BCUT2D eigenvalue weighted by Gasteiger charge is -2.17. The van der Waals surface area contributed by atoms with Gasteiger partial charge in [0.25, 0.3) is 5.91 Å². The molecule has 0 radical (unpaired) electrons. The highest BCUT2D eigenvalue weighted by atomic mass is 16.1. The summed E-state index contributed by atoms with van der Waals surface area (Å²) >= 11 is 0. The molecule has 0 saturated carbocycles. The number of nitrogens with one attached hydrogen (secondary N) is 1. The van der Waals surface area contributed by atoms with Crippen LogP contribution in [-0.2, 0) is 6.54 Å². The van der Waals surface area contributed by atoms with Crippen LogP contribution in [0.4, 0.5) is 0 Å². The van der Waals surface area contributed by atoms with E-state index in [2.05, 4.69) is 34.5 Å². The van der Waals surface area contributed by atoms with Crippen LogP contribution in [0.15, 0.2) is 79.1 Å². The number of likely N-dealkylation sites (tertiary alicyclic amines) is 1. The van der Waals surface area contributed by atoms with Crippen LogP contribution < -0.4 is 5.32 Å². The number of amides is 1. The van der Waals surface area contributed by atoms with Gasteiger partial charge in [-0.1, -0.05) is 36.4 Å². The molecule has 1 N–H and O–H groups in total. The number of carbonyl (C=O) groups excluding carboxylic acids is 1. The molecule has 132 valence electrons. The van der Waals surface area contributed by atoms with Gasteiger partial charge in [-0.25, -0.2) is 0 Å². The number of aromatic nitrogens is 1. The first-order valence-electron chi connectivity index (χ1n) is 9.08. The molecule has 0 unspecified atom stereocenters. The number of rotatable bonds is 5. The minimum Gasteiger partial charge on any atom is -0.348 e. The summed E-state index contributed by atoms with van der Waals surface area (Å²) in [6.45, 7) is 2.86. The topological polar surface area (TPSA) is 37.3 Å². The fourth-order valence-electron chi connectivity index (χ4n) is 3.52. The molecule has 2 heterocycles. The maximum atomic E-state index is 12.6. The van der Waals surface area contributed by atoms with Crippen LogP contribution in [-0.4, -0.2) is 34.5 Å². The lowest BCUT2D eigenvalue weighted by atomic mass is 10.1. The molecule has 1 aliphatic rings. The predicted molar refractivity (Wildman–Crippen MR) is 103 cm³/mol. The molecule has 4 heteroatoms. The molecular formula is C22H23N3O. The summed E-state index contributed by atoms with van der Waals surface area (Å²) in [7, 11) is 0. The van der Waals surface area contributed by atoms with E-state index in [4.69, 9.17) is 0 Å². The zero-order valence-electron chi connectivity index (χ0n) is 14.7. The van der Waals surface area contributed by atoms with Crippen molar-refractivity contribution in [1.29, 1.82) is 0 Å². The highest BCUT2D eigenvalue weighted by Gasteiger charge is 2.24. The molecule has 1 saturated heterocycles. The van der Waals surface area contributed by atoms with Crippen molar-refractivity contribution in [3.63, 3.8) is 0 Å². The van der Waals surface area contributed by atoms with Crippen molar-refractivity contribution >= 4 is 5.91 Å². The molecule has 4 nitrogen and oxygen atoms in total. The standard InChI is InChI=1S/C22H23N3O/c26-22(19-9-6-10-21(15-19)25-12-4-5-13-25)23-20-11-14-24(17-20)16-18-7-2-1-3-8-18/h1-10,12-13,15,20H,11,14,16-17H2,(H,23,26)/t20-/m0/s1. The Kier molecular flexibility index (Phi) is 4.84. The Morgan fingerprint density at radius 3 is 2.62 bits per heavy atom. The van der Waals surface area contributed by atoms with Crippen LogP contribution in [0.25, 0.3) is 5.69 Å². The predicted octanol–water partition coefficient (Wildman–Crippen LogP) is 3.48. The van der Waals surface area contributed by atoms with Gasteiger partial charge in [-0.05, 0) is 42.3 Å². The molecule has 1 amide bonds. The smallest absolute Gasteiger partial charge is 0.251 e. The van der Waals surface area contributed by atoms with Gasteiger partial charge in [-0.3, -0.25) is 9.69 Å². The first-order valence-corrected chi connectivity index (χ1v) is 9.08. The van der Waals surface area contributed by atoms with Gasteiger partial charge >= 0.3 is 0 Å². The van der Waals surface area contributed by atoms with Crippen molar-refractivity contribution in [2.75, 3.05) is 13.1 Å². The van der Waals surface area contributed by atoms with E-state index in [9.17, 15) is 4.79 Å². The summed E-state index contributed by atoms with van der Waals surface area (Å²) in [6, 6.07) is 22.4. The molecule has 0 bridgehead atoms. The summed E-state index contributed by atoms with van der Waals surface area (Å²) in [5, 5.41) is 3.19. The Labute approximate surface area is 154 Å². The van der Waals surface area contributed by atoms with E-state index < -0.39 is 0 Å². The van der Waals surface area contributed by atoms with Crippen LogP contribution in [0.1, 0.15) is 22.3 Å². The zero-order chi connectivity index (χ0) is 17.8. The summed E-state index contributed by atoms with van der Waals surface area (Å²) in [6.07, 6.45) is 4.96. The zero-order valence-corrected chi connectivity index (χ0v) is 14.7. The Morgan fingerprint density at radius 1 is 1.00 bits per heavy atom. The molecule has 1 atom stereocenters. The molecule has 1 aromatic heterocycles. The summed E-state index contributed by atoms with van der Waals surface area (Å²) in [5.41, 5.74) is 3.02. The van der Waals surface area contributed by atoms with Crippen LogP contribution >= 0.6 is 0 Å². The highest BCUT2D eigenvalue weighted by Crippen LogP contribution is 2.15. The summed E-state index contributed by atoms with van der Waals surface area (Å²) in [4.78, 5) is 15.0. The minimum absolute atomic E-state index is 0.00515. The Morgan fingerprint density at radius 2 is 1.81 bits per heavy atom. The third kappa shape index (κ3) is 3.86. The van der Waals surface area contributed by atoms with Crippen LogP contribution in [0.3, 0.4) is 0 Å². The molecule has 3 aromatic rings. The van der Waals surface area contributed by atoms with E-state index in [1.54, 1.807) is 0 Å². The van der Waals surface area contributed by atoms with E-state index in [-0.39, 0.29) is 11.9 Å². The van der Waals surface area contributed by atoms with Gasteiger partial charge in [-0.15, -0.1) is 0 Å². The van der Waals surface area contributed by atoms with Crippen molar-refractivity contribution in [1.82, 2.24) is 14.8 Å². The number of carbonyl (C=O) groups is 1. The molecule has 0 spiro atoms. The van der Waals surface area contributed by atoms with Gasteiger partial charge in [-0.2, -0.15) is 0 Å². The minimum atomic E-state index is 0.00515. The molecule has 0 aliphatic carbocycles. The molecule has 2 aromatic carbocycles. The van der Waals surface area contributed by atoms with Gasteiger partial charge in [0.15, 0.2) is 0 Å². The number of hydrogen-bond acceptors (Lipinski definition) is 2. The molecule has 1 fully saturated rings. The van der Waals surface area contributed by atoms with Crippen molar-refractivity contribution in [2.24, 2.45) is 0 Å². The second-order valence-corrected chi connectivity index (χ2v) is 6.82. The van der Waals surface area contributed by atoms with Gasteiger partial charge in [0.2, 0.25) is 0 Å². The maximum absolute atomic E-state index is 12.6. The van der Waals surface area contributed by atoms with Crippen molar-refractivity contribution in [3.05, 3.63) is 90.3 Å². The monoisotopic (exact) mass is 345 g/mol. The SMILES string of the molecule is O=C(N[C@H]1CCN(Cc2ccccc2)C1)c1cccc(-n2cccc2)c1. The highest BCUT2D eigenvalue weighted by molar-refractivity contribution is 5.95. The number of benzene rings is 2. The molecular weight excluding hydrogens is 322 g/mol. The van der Waals surface area contributed by atoms with Gasteiger partial charge in [0.05, 0.1) is 0 Å². The summed E-state index contributed by atoms with van der Waals surface area (Å²) < 4.78 is 2.01. The first-order chi connectivity index (χ1) is 12.8. The normalized spacial score (nSPS) is 17.3. The third-order valence-electron chi connectivity index (χ3n) is 4.87. The van der Waals surface area contributed by atoms with Gasteiger partial charge in [0, 0.05) is 49.3 Å². The lowest BCUT2D eigenvalue weighted by molar-refractivity contribution is 0.0937. The number of hydrogen-bond donors (Lipinski definition) is 1. The second-order valence-electron chi connectivity index (χ2n) is 6.82. The average Bonchev–Trinajstić information content (AvgIpc) is 3.35. The van der Waals surface area contributed by atoms with E-state index in [0.29, 0.717) is 5.56 Å². The third-order valence-corrected chi connectivity index (χ3v) is 4.87. The Hall–Kier alpha value is -2.85. The van der Waals surface area contributed by atoms with Crippen LogP contribution in [0.5, 0.6) is 0 Å². The quantitative estimate of drug-likeness (QED) is 0.769. The van der Waals surface area contributed by atoms with E-state index in [1.165, 1.54) is 5.56 Å². The average molecular weight is 345 g/mol. The number of nitrogens with zero attached hydrogens (tertiary/aromatic N) is 2. The van der Waals surface area contributed by atoms with Crippen molar-refractivity contribution < 1.29 is 4.79 Å².